The summed E-state index contributed by atoms with van der Waals surface area (Å²) in [5.41, 5.74) is 6.45. The molecule has 0 aliphatic rings. The minimum absolute atomic E-state index is 0.164. The predicted molar refractivity (Wildman–Crippen MR) is 122 cm³/mol. The number of carboxylic acid groups (broad SMARTS) is 1. The van der Waals surface area contributed by atoms with Gasteiger partial charge in [-0.3, -0.25) is 13.8 Å². The number of benzene rings is 3. The average Bonchev–Trinajstić information content (AvgIpc) is 2.78. The lowest BCUT2D eigenvalue weighted by molar-refractivity contribution is -0.137. The van der Waals surface area contributed by atoms with Gasteiger partial charge in [0.05, 0.1) is 44.3 Å². The van der Waals surface area contributed by atoms with Crippen LogP contribution in [0, 0.1) is 0 Å². The van der Waals surface area contributed by atoms with Crippen LogP contribution < -0.4 is 16.4 Å². The first kappa shape index (κ1) is 22.7. The number of amides is 3. The van der Waals surface area contributed by atoms with Gasteiger partial charge in [0, 0.05) is 0 Å². The summed E-state index contributed by atoms with van der Waals surface area (Å²) in [5.74, 6) is -1.63. The van der Waals surface area contributed by atoms with E-state index in [-0.39, 0.29) is 28.3 Å². The molecule has 0 saturated heterocycles. The van der Waals surface area contributed by atoms with E-state index in [1.54, 1.807) is 66.7 Å². The summed E-state index contributed by atoms with van der Waals surface area (Å²) in [7, 11) is -1.78. The summed E-state index contributed by atoms with van der Waals surface area (Å²) >= 11 is 0. The first-order chi connectivity index (χ1) is 15.4. The molecule has 0 radical (unpaired) electrons. The number of urea groups is 1. The molecule has 8 nitrogen and oxygen atoms in total. The van der Waals surface area contributed by atoms with Crippen LogP contribution in [0.15, 0.2) is 83.8 Å². The normalized spacial score (nSPS) is 12.4. The quantitative estimate of drug-likeness (QED) is 0.413. The largest absolute Gasteiger partial charge is 0.481 e. The number of nitrogens with one attached hydrogen (secondary N) is 2. The van der Waals surface area contributed by atoms with Crippen molar-refractivity contribution in [2.45, 2.75) is 16.6 Å². The van der Waals surface area contributed by atoms with E-state index >= 15 is 0 Å². The van der Waals surface area contributed by atoms with E-state index in [1.807, 2.05) is 0 Å². The first-order valence-electron chi connectivity index (χ1n) is 9.60. The number of aliphatic carboxylic acids is 1. The minimum atomic E-state index is -1.78. The van der Waals surface area contributed by atoms with E-state index in [4.69, 9.17) is 5.73 Å². The Kier molecular flexibility index (Phi) is 7.35. The van der Waals surface area contributed by atoms with Gasteiger partial charge in [0.2, 0.25) is 0 Å². The van der Waals surface area contributed by atoms with Gasteiger partial charge in [0.15, 0.2) is 0 Å². The zero-order valence-corrected chi connectivity index (χ0v) is 17.7. The Bertz CT molecular complexity index is 1170. The van der Waals surface area contributed by atoms with Crippen LogP contribution in [0.1, 0.15) is 27.6 Å². The summed E-state index contributed by atoms with van der Waals surface area (Å²) in [6.45, 7) is 0. The van der Waals surface area contributed by atoms with Gasteiger partial charge in [0.1, 0.15) is 0 Å². The lowest BCUT2D eigenvalue weighted by atomic mass is 10.1. The van der Waals surface area contributed by atoms with Crippen molar-refractivity contribution in [1.82, 2.24) is 0 Å². The molecule has 0 aliphatic heterocycles. The van der Waals surface area contributed by atoms with Crippen LogP contribution in [0.5, 0.6) is 0 Å². The summed E-state index contributed by atoms with van der Waals surface area (Å²) < 4.78 is 13.5. The Morgan fingerprint density at radius 3 is 2.09 bits per heavy atom. The molecule has 0 fully saturated rings. The molecule has 0 aliphatic carbocycles. The minimum Gasteiger partial charge on any atom is -0.481 e. The monoisotopic (exact) mass is 451 g/mol. The maximum Gasteiger partial charge on any atom is 0.316 e. The topological polar surface area (TPSA) is 139 Å². The molecule has 3 aromatic carbocycles. The highest BCUT2D eigenvalue weighted by Gasteiger charge is 2.26. The summed E-state index contributed by atoms with van der Waals surface area (Å²) in [6, 6.07) is 20.7. The summed E-state index contributed by atoms with van der Waals surface area (Å²) in [4.78, 5) is 35.9. The summed E-state index contributed by atoms with van der Waals surface area (Å²) in [5, 5.41) is 13.6. The van der Waals surface area contributed by atoms with E-state index in [0.717, 1.165) is 0 Å². The van der Waals surface area contributed by atoms with E-state index < -0.39 is 34.0 Å². The van der Waals surface area contributed by atoms with Crippen LogP contribution in [0.3, 0.4) is 0 Å². The lowest BCUT2D eigenvalue weighted by Gasteiger charge is -2.18. The Morgan fingerprint density at radius 1 is 0.844 bits per heavy atom. The lowest BCUT2D eigenvalue weighted by Crippen LogP contribution is -2.23. The zero-order valence-electron chi connectivity index (χ0n) is 16.9. The van der Waals surface area contributed by atoms with Crippen LogP contribution in [0.4, 0.5) is 16.2 Å². The molecule has 0 bridgehead atoms. The molecule has 3 amide bonds. The zero-order chi connectivity index (χ0) is 23.1. The van der Waals surface area contributed by atoms with E-state index in [0.29, 0.717) is 5.56 Å². The number of hydrogen-bond donors (Lipinski definition) is 4. The molecule has 3 rings (SSSR count). The van der Waals surface area contributed by atoms with Gasteiger partial charge in [-0.2, -0.15) is 0 Å². The summed E-state index contributed by atoms with van der Waals surface area (Å²) in [6.07, 6.45) is -0.343. The first-order valence-corrected chi connectivity index (χ1v) is 10.8. The Labute approximate surface area is 186 Å². The fraction of sp³-hybridized carbons (Fsp3) is 0.0870. The fourth-order valence-corrected chi connectivity index (χ4v) is 4.71. The highest BCUT2D eigenvalue weighted by atomic mass is 32.2. The van der Waals surface area contributed by atoms with Crippen molar-refractivity contribution in [3.05, 3.63) is 90.0 Å². The van der Waals surface area contributed by atoms with Gasteiger partial charge >= 0.3 is 12.0 Å². The Morgan fingerprint density at radius 2 is 1.44 bits per heavy atom. The van der Waals surface area contributed by atoms with Gasteiger partial charge < -0.3 is 21.5 Å². The van der Waals surface area contributed by atoms with Gasteiger partial charge in [-0.25, -0.2) is 4.79 Å². The van der Waals surface area contributed by atoms with Crippen molar-refractivity contribution in [1.29, 1.82) is 0 Å². The second kappa shape index (κ2) is 10.4. The van der Waals surface area contributed by atoms with Crippen LogP contribution in [0.25, 0.3) is 0 Å². The number of carbonyl (C=O) groups is 3. The molecule has 0 aromatic heterocycles. The van der Waals surface area contributed by atoms with Crippen molar-refractivity contribution in [3.63, 3.8) is 0 Å². The van der Waals surface area contributed by atoms with Gasteiger partial charge in [-0.1, -0.05) is 54.6 Å². The van der Waals surface area contributed by atoms with Crippen LogP contribution >= 0.6 is 0 Å². The van der Waals surface area contributed by atoms with Crippen molar-refractivity contribution in [3.8, 4) is 0 Å². The van der Waals surface area contributed by atoms with Crippen molar-refractivity contribution in [2.75, 3.05) is 10.6 Å². The van der Waals surface area contributed by atoms with Gasteiger partial charge in [-0.05, 0) is 29.8 Å². The Balaban J connectivity index is 1.93. The molecule has 2 unspecified atom stereocenters. The highest BCUT2D eigenvalue weighted by Crippen LogP contribution is 2.32. The third-order valence-corrected chi connectivity index (χ3v) is 6.32. The van der Waals surface area contributed by atoms with Crippen LogP contribution in [-0.4, -0.2) is 27.2 Å². The molecule has 0 heterocycles. The molecule has 164 valence electrons. The Hall–Kier alpha value is -3.98. The molecular formula is C23H21N3O5S. The molecule has 3 aromatic rings. The maximum atomic E-state index is 13.5. The third-order valence-electron chi connectivity index (χ3n) is 4.57. The highest BCUT2D eigenvalue weighted by molar-refractivity contribution is 7.85. The fourth-order valence-electron chi connectivity index (χ4n) is 3.15. The molecule has 2 atom stereocenters. The maximum absolute atomic E-state index is 13.5. The number of carbonyl (C=O) groups excluding carboxylic acids is 2. The number of para-hydroxylation sites is 2. The number of primary amides is 1. The standard InChI is InChI=1S/C23H21N3O5S/c24-23(30)26-17-11-5-4-10-16(17)22(29)25-18-12-6-7-13-19(18)32(31)20(14-21(27)28)15-8-2-1-3-9-15/h1-13,20H,14H2,(H,25,29)(H,27,28)(H3,24,26,30). The average molecular weight is 452 g/mol. The van der Waals surface area contributed by atoms with Crippen molar-refractivity contribution < 1.29 is 23.7 Å². The van der Waals surface area contributed by atoms with E-state index in [9.17, 15) is 23.7 Å². The molecule has 0 spiro atoms. The smallest absolute Gasteiger partial charge is 0.316 e. The molecule has 9 heteroatoms. The molecular weight excluding hydrogens is 430 g/mol. The van der Waals surface area contributed by atoms with Gasteiger partial charge in [-0.15, -0.1) is 0 Å². The molecule has 32 heavy (non-hydrogen) atoms. The number of anilines is 2. The van der Waals surface area contributed by atoms with Crippen molar-refractivity contribution >= 4 is 40.1 Å². The predicted octanol–water partition coefficient (Wildman–Crippen LogP) is 3.75. The number of carboxylic acids is 1. The molecule has 5 N–H and O–H groups in total. The SMILES string of the molecule is NC(=O)Nc1ccccc1C(=O)Nc1ccccc1S(=O)C(CC(=O)O)c1ccccc1. The van der Waals surface area contributed by atoms with Crippen LogP contribution in [0.2, 0.25) is 0 Å². The second-order valence-electron chi connectivity index (χ2n) is 6.78. The van der Waals surface area contributed by atoms with E-state index in [1.165, 1.54) is 12.1 Å². The third kappa shape index (κ3) is 5.58. The second-order valence-corrected chi connectivity index (χ2v) is 8.38. The molecule has 0 saturated carbocycles. The van der Waals surface area contributed by atoms with Crippen LogP contribution in [-0.2, 0) is 15.6 Å². The number of nitrogens with two attached hydrogens (primary N) is 1. The van der Waals surface area contributed by atoms with E-state index in [2.05, 4.69) is 10.6 Å². The number of rotatable bonds is 8. The van der Waals surface area contributed by atoms with Crippen molar-refractivity contribution in [2.24, 2.45) is 5.73 Å². The number of hydrogen-bond acceptors (Lipinski definition) is 4. The van der Waals surface area contributed by atoms with Gasteiger partial charge in [0.25, 0.3) is 5.91 Å².